The van der Waals surface area contributed by atoms with Crippen LogP contribution in [0.2, 0.25) is 0 Å². The van der Waals surface area contributed by atoms with Gasteiger partial charge < -0.3 is 11.1 Å². The molecule has 0 saturated heterocycles. The highest BCUT2D eigenvalue weighted by molar-refractivity contribution is 14.1. The average molecular weight is 496 g/mol. The minimum absolute atomic E-state index is 0.169. The molecule has 0 spiro atoms. The molecule has 0 aliphatic heterocycles. The molecule has 2 aromatic rings. The average Bonchev–Trinajstić information content (AvgIpc) is 2.36. The van der Waals surface area contributed by atoms with Crippen LogP contribution in [-0.2, 0) is 0 Å². The molecule has 0 unspecified atom stereocenters. The quantitative estimate of drug-likeness (QED) is 0.471. The van der Waals surface area contributed by atoms with E-state index >= 15 is 0 Å². The first kappa shape index (κ1) is 14.8. The Bertz CT molecular complexity index is 647. The molecule has 3 nitrogen and oxygen atoms in total. The molecule has 19 heavy (non-hydrogen) atoms. The van der Waals surface area contributed by atoms with Crippen molar-refractivity contribution >= 4 is 71.7 Å². The third kappa shape index (κ3) is 3.70. The maximum absolute atomic E-state index is 12.3. The van der Waals surface area contributed by atoms with Crippen LogP contribution in [0.4, 0.5) is 11.4 Å². The van der Waals surface area contributed by atoms with Gasteiger partial charge in [0.05, 0.1) is 11.3 Å². The van der Waals surface area contributed by atoms with E-state index in [0.717, 1.165) is 12.5 Å². The molecule has 0 bridgehead atoms. The molecule has 0 saturated carbocycles. The van der Waals surface area contributed by atoms with Crippen LogP contribution in [0.1, 0.15) is 10.4 Å². The predicted molar refractivity (Wildman–Crippen MR) is 93.4 cm³/mol. The second kappa shape index (κ2) is 6.23. The van der Waals surface area contributed by atoms with E-state index in [1.165, 1.54) is 0 Å². The van der Waals surface area contributed by atoms with Crippen molar-refractivity contribution in [3.05, 3.63) is 54.5 Å². The fraction of sp³-hybridized carbons (Fsp3) is 0. The number of hydrogen-bond acceptors (Lipinski definition) is 2. The van der Waals surface area contributed by atoms with Crippen molar-refractivity contribution in [2.75, 3.05) is 11.1 Å². The monoisotopic (exact) mass is 494 g/mol. The standard InChI is InChI=1S/C13H9Br2IN2O/c14-7-1-4-11(16)9(5-7)13(19)18-12-6-8(17)2-3-10(12)15/h1-6H,17H2,(H,18,19). The van der Waals surface area contributed by atoms with Crippen LogP contribution in [0.5, 0.6) is 0 Å². The van der Waals surface area contributed by atoms with Crippen LogP contribution >= 0.6 is 54.5 Å². The summed E-state index contributed by atoms with van der Waals surface area (Å²) >= 11 is 8.88. The van der Waals surface area contributed by atoms with E-state index in [4.69, 9.17) is 5.73 Å². The second-order valence-corrected chi connectivity index (χ2v) is 6.75. The third-order valence-electron chi connectivity index (χ3n) is 2.41. The molecule has 0 atom stereocenters. The third-order valence-corrected chi connectivity index (χ3v) is 4.54. The maximum atomic E-state index is 12.3. The van der Waals surface area contributed by atoms with Crippen LogP contribution in [0.25, 0.3) is 0 Å². The van der Waals surface area contributed by atoms with Crippen LogP contribution in [-0.4, -0.2) is 5.91 Å². The molecule has 2 aromatic carbocycles. The van der Waals surface area contributed by atoms with E-state index < -0.39 is 0 Å². The second-order valence-electron chi connectivity index (χ2n) is 3.82. The lowest BCUT2D eigenvalue weighted by Gasteiger charge is -2.10. The van der Waals surface area contributed by atoms with Gasteiger partial charge in [0.2, 0.25) is 0 Å². The van der Waals surface area contributed by atoms with E-state index in [9.17, 15) is 4.79 Å². The molecule has 0 aromatic heterocycles. The number of hydrogen-bond donors (Lipinski definition) is 2. The van der Waals surface area contributed by atoms with Crippen LogP contribution in [0.15, 0.2) is 45.3 Å². The first-order valence-electron chi connectivity index (χ1n) is 5.29. The molecule has 0 fully saturated rings. The van der Waals surface area contributed by atoms with Gasteiger partial charge in [-0.2, -0.15) is 0 Å². The van der Waals surface area contributed by atoms with Gasteiger partial charge in [-0.25, -0.2) is 0 Å². The summed E-state index contributed by atoms with van der Waals surface area (Å²) in [7, 11) is 0. The largest absolute Gasteiger partial charge is 0.399 e. The molecule has 0 radical (unpaired) electrons. The van der Waals surface area contributed by atoms with E-state index in [1.807, 2.05) is 12.1 Å². The van der Waals surface area contributed by atoms with Gasteiger partial charge >= 0.3 is 0 Å². The number of rotatable bonds is 2. The minimum Gasteiger partial charge on any atom is -0.399 e. The van der Waals surface area contributed by atoms with Gasteiger partial charge in [0.25, 0.3) is 5.91 Å². The van der Waals surface area contributed by atoms with Crippen LogP contribution in [0.3, 0.4) is 0 Å². The van der Waals surface area contributed by atoms with Crippen LogP contribution in [0, 0.1) is 3.57 Å². The topological polar surface area (TPSA) is 55.1 Å². The van der Waals surface area contributed by atoms with Gasteiger partial charge in [0.15, 0.2) is 0 Å². The number of carbonyl (C=O) groups is 1. The zero-order valence-electron chi connectivity index (χ0n) is 9.58. The van der Waals surface area contributed by atoms with Crippen molar-refractivity contribution in [2.24, 2.45) is 0 Å². The minimum atomic E-state index is -0.169. The van der Waals surface area contributed by atoms with Crippen molar-refractivity contribution in [3.63, 3.8) is 0 Å². The summed E-state index contributed by atoms with van der Waals surface area (Å²) in [5, 5.41) is 2.84. The van der Waals surface area contributed by atoms with E-state index in [-0.39, 0.29) is 5.91 Å². The fourth-order valence-corrected chi connectivity index (χ4v) is 2.79. The molecule has 2 rings (SSSR count). The smallest absolute Gasteiger partial charge is 0.256 e. The van der Waals surface area contributed by atoms with Crippen molar-refractivity contribution < 1.29 is 4.79 Å². The zero-order chi connectivity index (χ0) is 14.0. The molecule has 98 valence electrons. The summed E-state index contributed by atoms with van der Waals surface area (Å²) in [4.78, 5) is 12.3. The number of halogens is 3. The highest BCUT2D eigenvalue weighted by Crippen LogP contribution is 2.26. The van der Waals surface area contributed by atoms with Crippen molar-refractivity contribution in [2.45, 2.75) is 0 Å². The number of nitrogen functional groups attached to an aromatic ring is 1. The van der Waals surface area contributed by atoms with Gasteiger partial charge in [-0.15, -0.1) is 0 Å². The summed E-state index contributed by atoms with van der Waals surface area (Å²) < 4.78 is 2.54. The van der Waals surface area contributed by atoms with Gasteiger partial charge in [-0.1, -0.05) is 15.9 Å². The first-order chi connectivity index (χ1) is 8.97. The molecule has 0 aliphatic carbocycles. The first-order valence-corrected chi connectivity index (χ1v) is 7.95. The normalized spacial score (nSPS) is 10.3. The number of benzene rings is 2. The number of carbonyl (C=O) groups excluding carboxylic acids is 1. The highest BCUT2D eigenvalue weighted by Gasteiger charge is 2.12. The Morgan fingerprint density at radius 3 is 2.63 bits per heavy atom. The molecule has 6 heteroatoms. The van der Waals surface area contributed by atoms with Gasteiger partial charge in [0.1, 0.15) is 0 Å². The molecule has 1 amide bonds. The zero-order valence-corrected chi connectivity index (χ0v) is 14.9. The van der Waals surface area contributed by atoms with Crippen molar-refractivity contribution in [1.29, 1.82) is 0 Å². The van der Waals surface area contributed by atoms with E-state index in [2.05, 4.69) is 59.8 Å². The summed E-state index contributed by atoms with van der Waals surface area (Å²) in [6.07, 6.45) is 0. The van der Waals surface area contributed by atoms with Crippen molar-refractivity contribution in [3.8, 4) is 0 Å². The van der Waals surface area contributed by atoms with Crippen LogP contribution < -0.4 is 11.1 Å². The van der Waals surface area contributed by atoms with Gasteiger partial charge in [-0.05, 0) is 74.9 Å². The molecule has 0 heterocycles. The SMILES string of the molecule is Nc1ccc(Br)c(NC(=O)c2cc(Br)ccc2I)c1. The van der Waals surface area contributed by atoms with E-state index in [0.29, 0.717) is 16.9 Å². The highest BCUT2D eigenvalue weighted by atomic mass is 127. The number of nitrogens with one attached hydrogen (secondary N) is 1. The number of anilines is 2. The summed E-state index contributed by atoms with van der Waals surface area (Å²) in [5.41, 5.74) is 7.58. The Balaban J connectivity index is 2.30. The summed E-state index contributed by atoms with van der Waals surface area (Å²) in [6.45, 7) is 0. The molecule has 0 aliphatic rings. The lowest BCUT2D eigenvalue weighted by molar-refractivity contribution is 0.102. The number of amides is 1. The number of nitrogens with two attached hydrogens (primary N) is 1. The maximum Gasteiger partial charge on any atom is 0.256 e. The summed E-state index contributed by atoms with van der Waals surface area (Å²) in [6, 6.07) is 10.9. The lowest BCUT2D eigenvalue weighted by Crippen LogP contribution is -2.14. The predicted octanol–water partition coefficient (Wildman–Crippen LogP) is 4.65. The molecular weight excluding hydrogens is 487 g/mol. The van der Waals surface area contributed by atoms with Crippen molar-refractivity contribution in [1.82, 2.24) is 0 Å². The Labute approximate surface area is 141 Å². The Hall–Kier alpha value is -0.600. The fourth-order valence-electron chi connectivity index (χ4n) is 1.50. The summed E-state index contributed by atoms with van der Waals surface area (Å²) in [5.74, 6) is -0.169. The lowest BCUT2D eigenvalue weighted by atomic mass is 10.2. The molecular formula is C13H9Br2IN2O. The Kier molecular flexibility index (Phi) is 4.86. The Morgan fingerprint density at radius 1 is 1.16 bits per heavy atom. The van der Waals surface area contributed by atoms with Gasteiger partial charge in [-0.3, -0.25) is 4.79 Å². The molecule has 3 N–H and O–H groups in total. The van der Waals surface area contributed by atoms with E-state index in [1.54, 1.807) is 24.3 Å². The Morgan fingerprint density at radius 2 is 1.89 bits per heavy atom. The van der Waals surface area contributed by atoms with Gasteiger partial charge in [0, 0.05) is 18.2 Å².